The molecule has 164 valence electrons. The van der Waals surface area contributed by atoms with Crippen molar-refractivity contribution in [2.75, 3.05) is 6.54 Å². The van der Waals surface area contributed by atoms with E-state index in [4.69, 9.17) is 4.52 Å². The normalized spacial score (nSPS) is 18.3. The summed E-state index contributed by atoms with van der Waals surface area (Å²) in [7, 11) is -3.68. The maximum Gasteiger partial charge on any atom is 0.245 e. The fourth-order valence-corrected chi connectivity index (χ4v) is 5.70. The van der Waals surface area contributed by atoms with Crippen LogP contribution in [0.1, 0.15) is 57.5 Å². The molecule has 2 heterocycles. The van der Waals surface area contributed by atoms with Crippen molar-refractivity contribution in [3.8, 4) is 11.4 Å². The van der Waals surface area contributed by atoms with Crippen LogP contribution < -0.4 is 0 Å². The molecule has 1 aromatic heterocycles. The Bertz CT molecular complexity index is 1150. The Kier molecular flexibility index (Phi) is 6.07. The minimum atomic E-state index is -3.68. The van der Waals surface area contributed by atoms with Gasteiger partial charge >= 0.3 is 0 Å². The molecule has 1 aliphatic rings. The number of aromatic nitrogens is 2. The van der Waals surface area contributed by atoms with Gasteiger partial charge < -0.3 is 4.52 Å². The number of benzene rings is 2. The first-order valence-corrected chi connectivity index (χ1v) is 12.6. The zero-order chi connectivity index (χ0) is 22.2. The molecule has 1 unspecified atom stereocenters. The molecule has 0 spiro atoms. The van der Waals surface area contributed by atoms with Crippen molar-refractivity contribution in [1.29, 1.82) is 0 Å². The smallest absolute Gasteiger partial charge is 0.245 e. The summed E-state index contributed by atoms with van der Waals surface area (Å²) >= 11 is 3.42. The van der Waals surface area contributed by atoms with Gasteiger partial charge in [-0.2, -0.15) is 9.29 Å². The molecular formula is C23H26BrN3O3S. The van der Waals surface area contributed by atoms with Gasteiger partial charge in [-0.15, -0.1) is 0 Å². The van der Waals surface area contributed by atoms with Gasteiger partial charge in [0.1, 0.15) is 6.04 Å². The highest BCUT2D eigenvalue weighted by atomic mass is 79.9. The van der Waals surface area contributed by atoms with Crippen molar-refractivity contribution in [2.24, 2.45) is 0 Å². The summed E-state index contributed by atoms with van der Waals surface area (Å²) in [5.41, 5.74) is 1.88. The number of halogens is 1. The number of nitrogens with zero attached hydrogens (tertiary/aromatic N) is 3. The molecule has 8 heteroatoms. The molecule has 0 amide bonds. The van der Waals surface area contributed by atoms with Gasteiger partial charge in [-0.25, -0.2) is 8.42 Å². The number of piperidine rings is 1. The maximum absolute atomic E-state index is 13.5. The van der Waals surface area contributed by atoms with E-state index in [2.05, 4.69) is 46.8 Å². The monoisotopic (exact) mass is 503 g/mol. The summed E-state index contributed by atoms with van der Waals surface area (Å²) in [6.07, 6.45) is 2.38. The van der Waals surface area contributed by atoms with Crippen LogP contribution in [0.3, 0.4) is 0 Å². The Hall–Kier alpha value is -2.03. The predicted octanol–water partition coefficient (Wildman–Crippen LogP) is 5.71. The second-order valence-electron chi connectivity index (χ2n) is 8.86. The molecule has 3 aromatic rings. The Morgan fingerprint density at radius 2 is 1.71 bits per heavy atom. The molecule has 0 radical (unpaired) electrons. The van der Waals surface area contributed by atoms with E-state index < -0.39 is 16.1 Å². The third kappa shape index (κ3) is 4.61. The van der Waals surface area contributed by atoms with E-state index in [-0.39, 0.29) is 5.41 Å². The average Bonchev–Trinajstić information content (AvgIpc) is 3.24. The molecule has 1 saturated heterocycles. The first kappa shape index (κ1) is 22.2. The van der Waals surface area contributed by atoms with Gasteiger partial charge in [0.15, 0.2) is 0 Å². The Balaban J connectivity index is 1.64. The second kappa shape index (κ2) is 8.48. The molecule has 6 nitrogen and oxygen atoms in total. The van der Waals surface area contributed by atoms with Crippen LogP contribution in [0.2, 0.25) is 0 Å². The summed E-state index contributed by atoms with van der Waals surface area (Å²) in [4.78, 5) is 4.83. The largest absolute Gasteiger partial charge is 0.337 e. The summed E-state index contributed by atoms with van der Waals surface area (Å²) in [5, 5.41) is 4.10. The molecular weight excluding hydrogens is 478 g/mol. The average molecular weight is 504 g/mol. The Morgan fingerprint density at radius 1 is 1.03 bits per heavy atom. The van der Waals surface area contributed by atoms with Crippen LogP contribution in [0.25, 0.3) is 11.4 Å². The molecule has 0 saturated carbocycles. The minimum absolute atomic E-state index is 0.0386. The van der Waals surface area contributed by atoms with Crippen molar-refractivity contribution >= 4 is 26.0 Å². The molecule has 1 aliphatic heterocycles. The first-order chi connectivity index (χ1) is 14.7. The van der Waals surface area contributed by atoms with Crippen LogP contribution in [-0.2, 0) is 15.4 Å². The van der Waals surface area contributed by atoms with E-state index in [9.17, 15) is 8.42 Å². The van der Waals surface area contributed by atoms with Crippen molar-refractivity contribution in [2.45, 2.75) is 56.4 Å². The fourth-order valence-electron chi connectivity index (χ4n) is 3.79. The highest BCUT2D eigenvalue weighted by Gasteiger charge is 2.37. The second-order valence-corrected chi connectivity index (χ2v) is 11.7. The van der Waals surface area contributed by atoms with Gasteiger partial charge in [0, 0.05) is 16.6 Å². The molecule has 4 rings (SSSR count). The Morgan fingerprint density at radius 3 is 2.35 bits per heavy atom. The van der Waals surface area contributed by atoms with Crippen molar-refractivity contribution in [3.05, 3.63) is 64.5 Å². The van der Waals surface area contributed by atoms with E-state index in [0.29, 0.717) is 29.6 Å². The zero-order valence-corrected chi connectivity index (χ0v) is 20.3. The maximum atomic E-state index is 13.5. The zero-order valence-electron chi connectivity index (χ0n) is 17.9. The van der Waals surface area contributed by atoms with Crippen molar-refractivity contribution in [3.63, 3.8) is 0 Å². The number of hydrogen-bond acceptors (Lipinski definition) is 5. The highest BCUT2D eigenvalue weighted by molar-refractivity contribution is 9.10. The van der Waals surface area contributed by atoms with Gasteiger partial charge in [-0.1, -0.05) is 60.4 Å². The Labute approximate surface area is 191 Å². The van der Waals surface area contributed by atoms with Gasteiger partial charge in [0.2, 0.25) is 21.7 Å². The molecule has 1 fully saturated rings. The lowest BCUT2D eigenvalue weighted by Gasteiger charge is -2.32. The van der Waals surface area contributed by atoms with Crippen LogP contribution in [-0.4, -0.2) is 29.4 Å². The van der Waals surface area contributed by atoms with Crippen LogP contribution in [0.4, 0.5) is 0 Å². The molecule has 0 N–H and O–H groups in total. The topological polar surface area (TPSA) is 76.3 Å². The highest BCUT2D eigenvalue weighted by Crippen LogP contribution is 2.36. The standard InChI is InChI=1S/C23H26BrN3O3S/c1-23(2,3)17-9-13-19(14-10-17)31(28,29)27-15-5-4-6-20(27)22-25-21(26-30-22)16-7-11-18(24)12-8-16/h7-14,20H,4-6,15H2,1-3H3. The van der Waals surface area contributed by atoms with E-state index in [0.717, 1.165) is 28.4 Å². The summed E-state index contributed by atoms with van der Waals surface area (Å²) < 4.78 is 35.0. The van der Waals surface area contributed by atoms with Crippen LogP contribution in [0.5, 0.6) is 0 Å². The quantitative estimate of drug-likeness (QED) is 0.455. The lowest BCUT2D eigenvalue weighted by molar-refractivity contribution is 0.204. The van der Waals surface area contributed by atoms with Gasteiger partial charge in [0.05, 0.1) is 4.90 Å². The SMILES string of the molecule is CC(C)(C)c1ccc(S(=O)(=O)N2CCCCC2c2nc(-c3ccc(Br)cc3)no2)cc1. The third-order valence-corrected chi connectivity index (χ3v) is 8.06. The van der Waals surface area contributed by atoms with E-state index in [1.54, 1.807) is 12.1 Å². The van der Waals surface area contributed by atoms with Gasteiger partial charge in [-0.3, -0.25) is 0 Å². The number of hydrogen-bond donors (Lipinski definition) is 0. The molecule has 0 bridgehead atoms. The third-order valence-electron chi connectivity index (χ3n) is 5.61. The van der Waals surface area contributed by atoms with Gasteiger partial charge in [-0.05, 0) is 60.2 Å². The summed E-state index contributed by atoms with van der Waals surface area (Å²) in [5.74, 6) is 0.799. The number of sulfonamides is 1. The predicted molar refractivity (Wildman–Crippen MR) is 123 cm³/mol. The molecule has 1 atom stereocenters. The summed E-state index contributed by atoms with van der Waals surface area (Å²) in [6, 6.07) is 14.3. The van der Waals surface area contributed by atoms with Crippen molar-refractivity contribution in [1.82, 2.24) is 14.4 Å². The molecule has 31 heavy (non-hydrogen) atoms. The van der Waals surface area contributed by atoms with E-state index in [1.165, 1.54) is 4.31 Å². The van der Waals surface area contributed by atoms with Crippen LogP contribution in [0.15, 0.2) is 62.4 Å². The van der Waals surface area contributed by atoms with Gasteiger partial charge in [0.25, 0.3) is 0 Å². The van der Waals surface area contributed by atoms with E-state index >= 15 is 0 Å². The fraction of sp³-hybridized carbons (Fsp3) is 0.391. The molecule has 2 aromatic carbocycles. The van der Waals surface area contributed by atoms with Crippen molar-refractivity contribution < 1.29 is 12.9 Å². The summed E-state index contributed by atoms with van der Waals surface area (Å²) in [6.45, 7) is 6.76. The van der Waals surface area contributed by atoms with Crippen LogP contribution >= 0.6 is 15.9 Å². The lowest BCUT2D eigenvalue weighted by Crippen LogP contribution is -2.38. The lowest BCUT2D eigenvalue weighted by atomic mass is 9.87. The van der Waals surface area contributed by atoms with Crippen LogP contribution in [0, 0.1) is 0 Å². The molecule has 0 aliphatic carbocycles. The number of rotatable bonds is 4. The minimum Gasteiger partial charge on any atom is -0.337 e. The van der Waals surface area contributed by atoms with E-state index in [1.807, 2.05) is 36.4 Å². The first-order valence-electron chi connectivity index (χ1n) is 10.4.